The lowest BCUT2D eigenvalue weighted by Gasteiger charge is -2.36. The molecule has 0 spiro atoms. The molecule has 1 aromatic carbocycles. The Morgan fingerprint density at radius 3 is 2.90 bits per heavy atom. The number of ether oxygens (including phenoxy) is 2. The number of methoxy groups -OCH3 is 1. The van der Waals surface area contributed by atoms with Gasteiger partial charge in [0, 0.05) is 25.2 Å². The van der Waals surface area contributed by atoms with Crippen molar-refractivity contribution in [1.82, 2.24) is 4.90 Å². The van der Waals surface area contributed by atoms with E-state index in [-0.39, 0.29) is 11.8 Å². The Kier molecular flexibility index (Phi) is 4.57. The van der Waals surface area contributed by atoms with Gasteiger partial charge in [0.1, 0.15) is 0 Å². The lowest BCUT2D eigenvalue weighted by Crippen LogP contribution is -2.46. The number of nitro groups is 1. The summed E-state index contributed by atoms with van der Waals surface area (Å²) in [5.41, 5.74) is 0.928. The van der Waals surface area contributed by atoms with Gasteiger partial charge in [-0.25, -0.2) is 0 Å². The summed E-state index contributed by atoms with van der Waals surface area (Å²) in [7, 11) is 1.44. The SMILES string of the molecule is COc1ccc(CN2CC(C)OCC2C)cc1[N+](=O)[O-]. The Labute approximate surface area is 118 Å². The van der Waals surface area contributed by atoms with Crippen LogP contribution in [0.25, 0.3) is 0 Å². The largest absolute Gasteiger partial charge is 0.490 e. The molecule has 2 rings (SSSR count). The van der Waals surface area contributed by atoms with Gasteiger partial charge in [0.2, 0.25) is 0 Å². The fourth-order valence-corrected chi connectivity index (χ4v) is 2.40. The maximum Gasteiger partial charge on any atom is 0.311 e. The van der Waals surface area contributed by atoms with E-state index in [2.05, 4.69) is 11.8 Å². The quantitative estimate of drug-likeness (QED) is 0.625. The van der Waals surface area contributed by atoms with Gasteiger partial charge in [-0.1, -0.05) is 6.07 Å². The van der Waals surface area contributed by atoms with E-state index in [1.165, 1.54) is 7.11 Å². The molecule has 20 heavy (non-hydrogen) atoms. The molecule has 2 atom stereocenters. The zero-order valence-corrected chi connectivity index (χ0v) is 12.0. The average Bonchev–Trinajstić information content (AvgIpc) is 2.42. The lowest BCUT2D eigenvalue weighted by atomic mass is 10.1. The lowest BCUT2D eigenvalue weighted by molar-refractivity contribution is -0.385. The Morgan fingerprint density at radius 1 is 1.50 bits per heavy atom. The zero-order valence-electron chi connectivity index (χ0n) is 12.0. The summed E-state index contributed by atoms with van der Waals surface area (Å²) in [6.07, 6.45) is 0.194. The van der Waals surface area contributed by atoms with Crippen LogP contribution in [0.5, 0.6) is 5.75 Å². The predicted octanol–water partition coefficient (Wildman–Crippen LogP) is 2.21. The van der Waals surface area contributed by atoms with Crippen LogP contribution in [0.3, 0.4) is 0 Å². The highest BCUT2D eigenvalue weighted by Crippen LogP contribution is 2.28. The van der Waals surface area contributed by atoms with Crippen LogP contribution < -0.4 is 4.74 Å². The maximum absolute atomic E-state index is 11.0. The molecule has 1 aliphatic heterocycles. The Balaban J connectivity index is 2.16. The van der Waals surface area contributed by atoms with E-state index >= 15 is 0 Å². The van der Waals surface area contributed by atoms with Crippen LogP contribution in [-0.4, -0.2) is 42.2 Å². The van der Waals surface area contributed by atoms with Crippen LogP contribution in [0.4, 0.5) is 5.69 Å². The van der Waals surface area contributed by atoms with Crippen molar-refractivity contribution in [1.29, 1.82) is 0 Å². The molecule has 0 aromatic heterocycles. The molecule has 0 amide bonds. The topological polar surface area (TPSA) is 64.8 Å². The molecule has 6 heteroatoms. The molecular formula is C14H20N2O4. The molecule has 2 unspecified atom stereocenters. The first-order valence-corrected chi connectivity index (χ1v) is 6.68. The summed E-state index contributed by atoms with van der Waals surface area (Å²) in [5.74, 6) is 0.294. The highest BCUT2D eigenvalue weighted by molar-refractivity contribution is 5.48. The normalized spacial score (nSPS) is 23.6. The van der Waals surface area contributed by atoms with E-state index in [0.717, 1.165) is 12.1 Å². The van der Waals surface area contributed by atoms with Crippen molar-refractivity contribution in [2.24, 2.45) is 0 Å². The first-order chi connectivity index (χ1) is 9.51. The standard InChI is InChI=1S/C14H20N2O4/c1-10-9-20-11(2)7-15(10)8-12-4-5-14(19-3)13(6-12)16(17)18/h4-6,10-11H,7-9H2,1-3H3. The number of nitrogens with zero attached hydrogens (tertiary/aromatic N) is 2. The molecule has 0 aliphatic carbocycles. The fourth-order valence-electron chi connectivity index (χ4n) is 2.40. The maximum atomic E-state index is 11.0. The molecule has 110 valence electrons. The third-order valence-corrected chi connectivity index (χ3v) is 3.56. The average molecular weight is 280 g/mol. The van der Waals surface area contributed by atoms with Gasteiger partial charge in [0.15, 0.2) is 5.75 Å². The molecule has 1 saturated heterocycles. The molecule has 1 heterocycles. The van der Waals surface area contributed by atoms with Crippen molar-refractivity contribution in [3.8, 4) is 5.75 Å². The predicted molar refractivity (Wildman–Crippen MR) is 74.9 cm³/mol. The zero-order chi connectivity index (χ0) is 14.7. The molecule has 6 nitrogen and oxygen atoms in total. The summed E-state index contributed by atoms with van der Waals surface area (Å²) in [6, 6.07) is 5.43. The summed E-state index contributed by atoms with van der Waals surface area (Å²) in [4.78, 5) is 12.9. The van der Waals surface area contributed by atoms with Crippen molar-refractivity contribution >= 4 is 5.69 Å². The number of hydrogen-bond acceptors (Lipinski definition) is 5. The number of hydrogen-bond donors (Lipinski definition) is 0. The molecule has 0 N–H and O–H groups in total. The Hall–Kier alpha value is -1.66. The van der Waals surface area contributed by atoms with Crippen molar-refractivity contribution in [2.75, 3.05) is 20.3 Å². The second kappa shape index (κ2) is 6.19. The minimum Gasteiger partial charge on any atom is -0.490 e. The summed E-state index contributed by atoms with van der Waals surface area (Å²) >= 11 is 0. The second-order valence-corrected chi connectivity index (χ2v) is 5.19. The van der Waals surface area contributed by atoms with Gasteiger partial charge >= 0.3 is 5.69 Å². The number of rotatable bonds is 4. The monoisotopic (exact) mass is 280 g/mol. The minimum atomic E-state index is -0.409. The van der Waals surface area contributed by atoms with E-state index in [9.17, 15) is 10.1 Å². The van der Waals surface area contributed by atoms with Gasteiger partial charge < -0.3 is 9.47 Å². The van der Waals surface area contributed by atoms with Gasteiger partial charge in [-0.05, 0) is 25.5 Å². The Bertz CT molecular complexity index is 492. The molecular weight excluding hydrogens is 260 g/mol. The van der Waals surface area contributed by atoms with Crippen LogP contribution in [0, 0.1) is 10.1 Å². The van der Waals surface area contributed by atoms with Crippen LogP contribution in [0.15, 0.2) is 18.2 Å². The van der Waals surface area contributed by atoms with E-state index in [1.807, 2.05) is 13.0 Å². The first kappa shape index (κ1) is 14.7. The van der Waals surface area contributed by atoms with Crippen molar-refractivity contribution in [3.63, 3.8) is 0 Å². The highest BCUT2D eigenvalue weighted by Gasteiger charge is 2.24. The second-order valence-electron chi connectivity index (χ2n) is 5.19. The van der Waals surface area contributed by atoms with Gasteiger partial charge in [-0.2, -0.15) is 0 Å². The smallest absolute Gasteiger partial charge is 0.311 e. The van der Waals surface area contributed by atoms with Gasteiger partial charge in [0.05, 0.1) is 24.7 Å². The third kappa shape index (κ3) is 3.26. The van der Waals surface area contributed by atoms with Crippen molar-refractivity contribution in [2.45, 2.75) is 32.5 Å². The van der Waals surface area contributed by atoms with Crippen molar-refractivity contribution < 1.29 is 14.4 Å². The highest BCUT2D eigenvalue weighted by atomic mass is 16.6. The minimum absolute atomic E-state index is 0.0129. The molecule has 1 aromatic rings. The van der Waals surface area contributed by atoms with Crippen LogP contribution in [-0.2, 0) is 11.3 Å². The molecule has 0 bridgehead atoms. The van der Waals surface area contributed by atoms with Crippen molar-refractivity contribution in [3.05, 3.63) is 33.9 Å². The first-order valence-electron chi connectivity index (χ1n) is 6.68. The van der Waals surface area contributed by atoms with E-state index in [0.29, 0.717) is 24.9 Å². The van der Waals surface area contributed by atoms with E-state index in [4.69, 9.17) is 9.47 Å². The molecule has 0 radical (unpaired) electrons. The fraction of sp³-hybridized carbons (Fsp3) is 0.571. The number of nitro benzene ring substituents is 1. The van der Waals surface area contributed by atoms with Crippen LogP contribution in [0.1, 0.15) is 19.4 Å². The number of morpholine rings is 1. The van der Waals surface area contributed by atoms with Gasteiger partial charge in [0.25, 0.3) is 0 Å². The number of benzene rings is 1. The van der Waals surface area contributed by atoms with Gasteiger partial charge in [-0.15, -0.1) is 0 Å². The molecule has 1 aliphatic rings. The van der Waals surface area contributed by atoms with Crippen LogP contribution in [0.2, 0.25) is 0 Å². The Morgan fingerprint density at radius 2 is 2.25 bits per heavy atom. The molecule has 1 fully saturated rings. The summed E-state index contributed by atoms with van der Waals surface area (Å²) in [5, 5.41) is 11.0. The summed E-state index contributed by atoms with van der Waals surface area (Å²) in [6.45, 7) is 6.35. The third-order valence-electron chi connectivity index (χ3n) is 3.56. The van der Waals surface area contributed by atoms with Gasteiger partial charge in [-0.3, -0.25) is 15.0 Å². The van der Waals surface area contributed by atoms with E-state index in [1.54, 1.807) is 12.1 Å². The molecule has 0 saturated carbocycles. The summed E-state index contributed by atoms with van der Waals surface area (Å²) < 4.78 is 10.6. The van der Waals surface area contributed by atoms with E-state index < -0.39 is 4.92 Å². The van der Waals surface area contributed by atoms with Crippen LogP contribution >= 0.6 is 0 Å².